The summed E-state index contributed by atoms with van der Waals surface area (Å²) in [7, 11) is -3.00. The summed E-state index contributed by atoms with van der Waals surface area (Å²) in [6.45, 7) is 8.93. The first kappa shape index (κ1) is 20.0. The van der Waals surface area contributed by atoms with E-state index in [0.717, 1.165) is 32.0 Å². The Hall–Kier alpha value is -0.0900. The zero-order valence-electron chi connectivity index (χ0n) is 13.6. The monoisotopic (exact) mass is 444 g/mol. The number of rotatable bonds is 4. The molecule has 0 aromatic rings. The third-order valence-electron chi connectivity index (χ3n) is 4.11. The van der Waals surface area contributed by atoms with Gasteiger partial charge in [-0.3, -0.25) is 4.99 Å². The van der Waals surface area contributed by atoms with Gasteiger partial charge in [-0.2, -0.15) is 0 Å². The van der Waals surface area contributed by atoms with E-state index in [1.165, 1.54) is 12.8 Å². The van der Waals surface area contributed by atoms with Crippen LogP contribution < -0.4 is 5.32 Å². The molecule has 0 amide bonds. The quantitative estimate of drug-likeness (QED) is 0.404. The largest absolute Gasteiger partial charge is 0.357 e. The van der Waals surface area contributed by atoms with Crippen LogP contribution >= 0.6 is 24.0 Å². The molecular formula is C14H29IN4O2S. The molecule has 22 heavy (non-hydrogen) atoms. The van der Waals surface area contributed by atoms with Gasteiger partial charge in [0.1, 0.15) is 0 Å². The van der Waals surface area contributed by atoms with E-state index >= 15 is 0 Å². The van der Waals surface area contributed by atoms with E-state index in [-0.39, 0.29) is 24.0 Å². The molecule has 2 saturated heterocycles. The Labute approximate surface area is 151 Å². The average Bonchev–Trinajstić information content (AvgIpc) is 2.77. The van der Waals surface area contributed by atoms with E-state index in [4.69, 9.17) is 0 Å². The van der Waals surface area contributed by atoms with Crippen molar-refractivity contribution in [1.82, 2.24) is 14.5 Å². The number of aliphatic imine (C=N–C) groups is 1. The van der Waals surface area contributed by atoms with E-state index in [1.807, 2.05) is 0 Å². The highest BCUT2D eigenvalue weighted by Gasteiger charge is 2.27. The Morgan fingerprint density at radius 1 is 1.32 bits per heavy atom. The lowest BCUT2D eigenvalue weighted by Gasteiger charge is -2.33. The van der Waals surface area contributed by atoms with Crippen molar-refractivity contribution in [2.24, 2.45) is 10.9 Å². The number of guanidine groups is 1. The molecule has 0 aromatic heterocycles. The van der Waals surface area contributed by atoms with Crippen LogP contribution in [0.4, 0.5) is 0 Å². The molecular weight excluding hydrogens is 415 g/mol. The van der Waals surface area contributed by atoms with E-state index in [0.29, 0.717) is 31.3 Å². The second kappa shape index (κ2) is 9.27. The minimum atomic E-state index is -3.00. The zero-order valence-corrected chi connectivity index (χ0v) is 16.8. The van der Waals surface area contributed by atoms with Crippen molar-refractivity contribution in [3.05, 3.63) is 0 Å². The predicted octanol–water partition coefficient (Wildman–Crippen LogP) is 1.34. The summed E-state index contributed by atoms with van der Waals surface area (Å²) in [6, 6.07) is 0. The van der Waals surface area contributed by atoms with Crippen LogP contribution in [0.5, 0.6) is 0 Å². The van der Waals surface area contributed by atoms with Crippen molar-refractivity contribution < 1.29 is 8.42 Å². The Bertz CT molecular complexity index is 469. The fourth-order valence-electron chi connectivity index (χ4n) is 3.02. The Morgan fingerprint density at radius 3 is 2.68 bits per heavy atom. The standard InChI is InChI=1S/C14H28N4O2S.HI/c1-3-15-14(17-8-4-6-13(2)12-17)16-7-10-18-9-5-11-21(18,19)20;/h13H,3-12H2,1-2H3,(H,15,16);1H. The van der Waals surface area contributed by atoms with Gasteiger partial charge in [0, 0.05) is 32.7 Å². The number of halogens is 1. The van der Waals surface area contributed by atoms with Crippen LogP contribution in [0, 0.1) is 5.92 Å². The molecule has 8 heteroatoms. The van der Waals surface area contributed by atoms with Gasteiger partial charge in [0.25, 0.3) is 0 Å². The highest BCUT2D eigenvalue weighted by Crippen LogP contribution is 2.16. The molecule has 0 radical (unpaired) electrons. The van der Waals surface area contributed by atoms with Gasteiger partial charge in [0.05, 0.1) is 12.3 Å². The van der Waals surface area contributed by atoms with Gasteiger partial charge in [-0.1, -0.05) is 6.92 Å². The predicted molar refractivity (Wildman–Crippen MR) is 101 cm³/mol. The van der Waals surface area contributed by atoms with Gasteiger partial charge in [-0.25, -0.2) is 12.7 Å². The van der Waals surface area contributed by atoms with Crippen molar-refractivity contribution in [2.75, 3.05) is 45.0 Å². The summed E-state index contributed by atoms with van der Waals surface area (Å²) in [5.74, 6) is 1.92. The second-order valence-corrected chi connectivity index (χ2v) is 8.09. The molecule has 0 aromatic carbocycles. The number of likely N-dealkylation sites (tertiary alicyclic amines) is 1. The van der Waals surface area contributed by atoms with Gasteiger partial charge in [-0.15, -0.1) is 24.0 Å². The molecule has 6 nitrogen and oxygen atoms in total. The van der Waals surface area contributed by atoms with Crippen molar-refractivity contribution in [1.29, 1.82) is 0 Å². The maximum absolute atomic E-state index is 11.8. The molecule has 2 fully saturated rings. The average molecular weight is 444 g/mol. The zero-order chi connectivity index (χ0) is 15.3. The summed E-state index contributed by atoms with van der Waals surface area (Å²) in [5.41, 5.74) is 0. The lowest BCUT2D eigenvalue weighted by Crippen LogP contribution is -2.46. The first-order valence-corrected chi connectivity index (χ1v) is 9.65. The minimum Gasteiger partial charge on any atom is -0.357 e. The number of nitrogens with one attached hydrogen (secondary N) is 1. The Balaban J connectivity index is 0.00000242. The molecule has 0 bridgehead atoms. The van der Waals surface area contributed by atoms with Crippen molar-refractivity contribution in [2.45, 2.75) is 33.1 Å². The highest BCUT2D eigenvalue weighted by atomic mass is 127. The number of piperidine rings is 1. The molecule has 2 heterocycles. The summed E-state index contributed by atoms with van der Waals surface area (Å²) in [5, 5.41) is 3.33. The number of hydrogen-bond acceptors (Lipinski definition) is 3. The number of sulfonamides is 1. The van der Waals surface area contributed by atoms with Gasteiger partial charge in [0.15, 0.2) is 5.96 Å². The number of nitrogens with zero attached hydrogens (tertiary/aromatic N) is 3. The Morgan fingerprint density at radius 2 is 2.09 bits per heavy atom. The topological polar surface area (TPSA) is 65.0 Å². The molecule has 1 unspecified atom stereocenters. The number of hydrogen-bond donors (Lipinski definition) is 1. The highest BCUT2D eigenvalue weighted by molar-refractivity contribution is 14.0. The van der Waals surface area contributed by atoms with Crippen LogP contribution in [0.1, 0.15) is 33.1 Å². The van der Waals surface area contributed by atoms with E-state index in [2.05, 4.69) is 29.1 Å². The molecule has 2 aliphatic rings. The first-order chi connectivity index (χ1) is 10.0. The summed E-state index contributed by atoms with van der Waals surface area (Å²) in [6.07, 6.45) is 3.23. The van der Waals surface area contributed by atoms with Crippen molar-refractivity contribution >= 4 is 40.0 Å². The molecule has 0 aliphatic carbocycles. The third-order valence-corrected chi connectivity index (χ3v) is 6.06. The van der Waals surface area contributed by atoms with Crippen LogP contribution in [0.15, 0.2) is 4.99 Å². The van der Waals surface area contributed by atoms with E-state index in [1.54, 1.807) is 4.31 Å². The molecule has 1 N–H and O–H groups in total. The van der Waals surface area contributed by atoms with E-state index < -0.39 is 10.0 Å². The summed E-state index contributed by atoms with van der Waals surface area (Å²) in [4.78, 5) is 6.93. The smallest absolute Gasteiger partial charge is 0.214 e. The molecule has 1 atom stereocenters. The van der Waals surface area contributed by atoms with Crippen LogP contribution in [0.3, 0.4) is 0 Å². The van der Waals surface area contributed by atoms with Crippen molar-refractivity contribution in [3.63, 3.8) is 0 Å². The van der Waals surface area contributed by atoms with Gasteiger partial charge in [-0.05, 0) is 32.1 Å². The van der Waals surface area contributed by atoms with Gasteiger partial charge >= 0.3 is 0 Å². The van der Waals surface area contributed by atoms with E-state index in [9.17, 15) is 8.42 Å². The lowest BCUT2D eigenvalue weighted by molar-refractivity contribution is 0.266. The molecule has 2 aliphatic heterocycles. The second-order valence-electron chi connectivity index (χ2n) is 6.00. The fraction of sp³-hybridized carbons (Fsp3) is 0.929. The first-order valence-electron chi connectivity index (χ1n) is 8.04. The summed E-state index contributed by atoms with van der Waals surface area (Å²) < 4.78 is 25.1. The van der Waals surface area contributed by atoms with Gasteiger partial charge < -0.3 is 10.2 Å². The van der Waals surface area contributed by atoms with Gasteiger partial charge in [0.2, 0.25) is 10.0 Å². The maximum atomic E-state index is 11.8. The lowest BCUT2D eigenvalue weighted by atomic mass is 10.0. The SMILES string of the molecule is CCNC(=NCCN1CCCS1(=O)=O)N1CCCC(C)C1.I. The third kappa shape index (κ3) is 5.52. The molecule has 130 valence electrons. The molecule has 0 spiro atoms. The normalized spacial score (nSPS) is 25.8. The minimum absolute atomic E-state index is 0. The van der Waals surface area contributed by atoms with Crippen LogP contribution in [-0.2, 0) is 10.0 Å². The molecule has 2 rings (SSSR count). The fourth-order valence-corrected chi connectivity index (χ4v) is 4.54. The summed E-state index contributed by atoms with van der Waals surface area (Å²) >= 11 is 0. The maximum Gasteiger partial charge on any atom is 0.214 e. The van der Waals surface area contributed by atoms with Crippen LogP contribution in [0.25, 0.3) is 0 Å². The van der Waals surface area contributed by atoms with Crippen LogP contribution in [-0.4, -0.2) is 68.6 Å². The van der Waals surface area contributed by atoms with Crippen LogP contribution in [0.2, 0.25) is 0 Å². The Kier molecular flexibility index (Phi) is 8.40. The molecule has 0 saturated carbocycles. The van der Waals surface area contributed by atoms with Crippen molar-refractivity contribution in [3.8, 4) is 0 Å².